The van der Waals surface area contributed by atoms with Crippen LogP contribution < -0.4 is 10.1 Å². The monoisotopic (exact) mass is 686 g/mol. The highest BCUT2D eigenvalue weighted by molar-refractivity contribution is 6.06. The van der Waals surface area contributed by atoms with Gasteiger partial charge in [0.15, 0.2) is 0 Å². The summed E-state index contributed by atoms with van der Waals surface area (Å²) >= 11 is 0. The number of carbonyl (C=O) groups excluding carboxylic acids is 3. The summed E-state index contributed by atoms with van der Waals surface area (Å²) in [5.41, 5.74) is 1.91. The maximum atomic E-state index is 13.7. The number of likely N-dealkylation sites (tertiary alicyclic amines) is 2. The van der Waals surface area contributed by atoms with Crippen molar-refractivity contribution in [2.24, 2.45) is 41.4 Å². The Morgan fingerprint density at radius 1 is 0.840 bits per heavy atom. The van der Waals surface area contributed by atoms with Gasteiger partial charge in [-0.1, -0.05) is 51.0 Å². The Morgan fingerprint density at radius 3 is 2.06 bits per heavy atom. The van der Waals surface area contributed by atoms with Gasteiger partial charge in [0.2, 0.25) is 11.8 Å². The number of urea groups is 1. The molecule has 5 fully saturated rings. The first-order valence-electron chi connectivity index (χ1n) is 19.3. The Balaban J connectivity index is 0.946. The number of piperidine rings is 1. The van der Waals surface area contributed by atoms with Gasteiger partial charge < -0.3 is 19.9 Å². The third-order valence-corrected chi connectivity index (χ3v) is 12.5. The predicted molar refractivity (Wildman–Crippen MR) is 190 cm³/mol. The molecule has 2 heterocycles. The van der Waals surface area contributed by atoms with Gasteiger partial charge in [-0.15, -0.1) is 0 Å². The molecule has 3 aliphatic carbocycles. The number of benzene rings is 2. The number of imide groups is 1. The molecule has 5 aliphatic rings. The highest BCUT2D eigenvalue weighted by Crippen LogP contribution is 2.56. The quantitative estimate of drug-likeness (QED) is 0.247. The van der Waals surface area contributed by atoms with Gasteiger partial charge >= 0.3 is 6.03 Å². The number of ether oxygens (including phenoxy) is 1. The van der Waals surface area contributed by atoms with Crippen molar-refractivity contribution in [2.75, 3.05) is 32.8 Å². The Kier molecular flexibility index (Phi) is 10.8. The lowest BCUT2D eigenvalue weighted by Gasteiger charge is -2.42. The van der Waals surface area contributed by atoms with E-state index in [0.29, 0.717) is 55.8 Å². The number of nitrogens with zero attached hydrogens (tertiary/aromatic N) is 3. The molecule has 0 spiro atoms. The Labute approximate surface area is 297 Å². The van der Waals surface area contributed by atoms with Crippen molar-refractivity contribution in [3.63, 3.8) is 0 Å². The summed E-state index contributed by atoms with van der Waals surface area (Å²) in [5.74, 6) is 2.87. The fourth-order valence-corrected chi connectivity index (χ4v) is 9.79. The molecule has 270 valence electrons. The first-order valence-corrected chi connectivity index (χ1v) is 19.3. The minimum absolute atomic E-state index is 0.0351. The van der Waals surface area contributed by atoms with Crippen molar-refractivity contribution in [1.29, 1.82) is 0 Å². The van der Waals surface area contributed by atoms with E-state index >= 15 is 0 Å². The SMILES string of the molecule is CC(C)COc1ccc(CNC(=O)N(Cc2ccc(F)cc2)C2CCN(C[C@H]3CCCC[C@@H]3CN3C(=O)[C@@H]4[C@H]5CC[C@H](C5)[C@@H]4C3=O)CC2)cc1. The van der Waals surface area contributed by atoms with Crippen LogP contribution >= 0.6 is 0 Å². The predicted octanol–water partition coefficient (Wildman–Crippen LogP) is 6.87. The lowest BCUT2D eigenvalue weighted by molar-refractivity contribution is -0.142. The number of hydrogen-bond donors (Lipinski definition) is 1. The summed E-state index contributed by atoms with van der Waals surface area (Å²) in [7, 11) is 0. The first-order chi connectivity index (χ1) is 24.2. The molecule has 3 saturated carbocycles. The molecule has 2 aliphatic heterocycles. The zero-order valence-electron chi connectivity index (χ0n) is 29.9. The number of nitrogens with one attached hydrogen (secondary N) is 1. The second-order valence-electron chi connectivity index (χ2n) is 16.3. The largest absolute Gasteiger partial charge is 0.493 e. The molecule has 6 atom stereocenters. The number of fused-ring (bicyclic) bond motifs is 5. The lowest BCUT2D eigenvalue weighted by Crippen LogP contribution is -2.51. The van der Waals surface area contributed by atoms with Crippen molar-refractivity contribution < 1.29 is 23.5 Å². The fourth-order valence-electron chi connectivity index (χ4n) is 9.79. The Hall–Kier alpha value is -3.46. The molecule has 2 saturated heterocycles. The van der Waals surface area contributed by atoms with Gasteiger partial charge in [0, 0.05) is 45.3 Å². The topological polar surface area (TPSA) is 82.2 Å². The number of carbonyl (C=O) groups is 3. The second kappa shape index (κ2) is 15.4. The minimum Gasteiger partial charge on any atom is -0.493 e. The fraction of sp³-hybridized carbons (Fsp3) is 0.634. The highest BCUT2D eigenvalue weighted by Gasteiger charge is 2.61. The third kappa shape index (κ3) is 7.73. The lowest BCUT2D eigenvalue weighted by atomic mass is 9.78. The maximum Gasteiger partial charge on any atom is 0.318 e. The molecule has 2 bridgehead atoms. The van der Waals surface area contributed by atoms with Crippen LogP contribution in [0.2, 0.25) is 0 Å². The minimum atomic E-state index is -0.284. The summed E-state index contributed by atoms with van der Waals surface area (Å²) in [4.78, 5) is 46.9. The molecule has 4 amide bonds. The van der Waals surface area contributed by atoms with Crippen molar-refractivity contribution >= 4 is 17.8 Å². The normalized spacial score (nSPS) is 28.4. The number of amides is 4. The van der Waals surface area contributed by atoms with Gasteiger partial charge in [0.25, 0.3) is 0 Å². The Morgan fingerprint density at radius 2 is 1.44 bits per heavy atom. The van der Waals surface area contributed by atoms with Crippen LogP contribution in [0.5, 0.6) is 5.75 Å². The number of rotatable bonds is 12. The molecule has 0 aromatic heterocycles. The molecule has 0 unspecified atom stereocenters. The summed E-state index contributed by atoms with van der Waals surface area (Å²) in [5, 5.41) is 3.14. The number of hydrogen-bond acceptors (Lipinski definition) is 5. The molecule has 9 heteroatoms. The van der Waals surface area contributed by atoms with Crippen LogP contribution in [-0.4, -0.2) is 71.4 Å². The zero-order valence-corrected chi connectivity index (χ0v) is 29.9. The van der Waals surface area contributed by atoms with Crippen molar-refractivity contribution in [2.45, 2.75) is 90.8 Å². The van der Waals surface area contributed by atoms with Crippen molar-refractivity contribution in [1.82, 2.24) is 20.0 Å². The van der Waals surface area contributed by atoms with Crippen LogP contribution in [0.1, 0.15) is 82.8 Å². The van der Waals surface area contributed by atoms with Gasteiger partial charge in [-0.05, 0) is 110 Å². The van der Waals surface area contributed by atoms with E-state index in [9.17, 15) is 18.8 Å². The van der Waals surface area contributed by atoms with Crippen LogP contribution in [0.15, 0.2) is 48.5 Å². The van der Waals surface area contributed by atoms with Crippen molar-refractivity contribution in [3.05, 3.63) is 65.5 Å². The Bertz CT molecular complexity index is 1460. The molecule has 8 nitrogen and oxygen atoms in total. The molecule has 1 N–H and O–H groups in total. The molecule has 2 aromatic rings. The van der Waals surface area contributed by atoms with Crippen LogP contribution in [-0.2, 0) is 22.7 Å². The van der Waals surface area contributed by atoms with E-state index in [0.717, 1.165) is 81.5 Å². The summed E-state index contributed by atoms with van der Waals surface area (Å²) in [6.45, 7) is 9.11. The highest BCUT2D eigenvalue weighted by atomic mass is 19.1. The van der Waals surface area contributed by atoms with E-state index in [-0.39, 0.29) is 41.5 Å². The van der Waals surface area contributed by atoms with Crippen LogP contribution in [0.4, 0.5) is 9.18 Å². The molecule has 2 aromatic carbocycles. The standard InChI is InChI=1S/C41H55FN4O4/c1-27(2)26-50-36-15-9-28(10-16-36)22-43-41(49)45(23-29-7-13-34(42)14-8-29)35-17-19-44(20-18-35)24-32-5-3-4-6-33(32)25-46-39(47)37-30-11-12-31(21-30)38(37)40(46)48/h7-10,13-16,27,30-33,35,37-38H,3-6,11-12,17-26H2,1-2H3,(H,43,49)/t30-,31+,32-,33-,37+,38-/m1/s1. The average Bonchev–Trinajstić information content (AvgIpc) is 3.81. The van der Waals surface area contributed by atoms with Gasteiger partial charge in [-0.25, -0.2) is 9.18 Å². The smallest absolute Gasteiger partial charge is 0.318 e. The van der Waals surface area contributed by atoms with Gasteiger partial charge in [0.05, 0.1) is 18.4 Å². The summed E-state index contributed by atoms with van der Waals surface area (Å²) in [6.07, 6.45) is 9.63. The van der Waals surface area contributed by atoms with Crippen LogP contribution in [0.3, 0.4) is 0 Å². The van der Waals surface area contributed by atoms with Crippen LogP contribution in [0.25, 0.3) is 0 Å². The average molecular weight is 687 g/mol. The second-order valence-corrected chi connectivity index (χ2v) is 16.3. The van der Waals surface area contributed by atoms with Gasteiger partial charge in [-0.2, -0.15) is 0 Å². The van der Waals surface area contributed by atoms with E-state index in [1.165, 1.54) is 25.0 Å². The summed E-state index contributed by atoms with van der Waals surface area (Å²) < 4.78 is 19.5. The van der Waals surface area contributed by atoms with Gasteiger partial charge in [-0.3, -0.25) is 14.5 Å². The van der Waals surface area contributed by atoms with Gasteiger partial charge in [0.1, 0.15) is 11.6 Å². The molecular formula is C41H55FN4O4. The number of halogens is 1. The van der Waals surface area contributed by atoms with E-state index < -0.39 is 0 Å². The molecule has 7 rings (SSSR count). The van der Waals surface area contributed by atoms with E-state index in [1.54, 1.807) is 17.0 Å². The first kappa shape index (κ1) is 35.0. The third-order valence-electron chi connectivity index (χ3n) is 12.5. The van der Waals surface area contributed by atoms with E-state index in [4.69, 9.17) is 4.74 Å². The van der Waals surface area contributed by atoms with E-state index in [2.05, 4.69) is 24.1 Å². The van der Waals surface area contributed by atoms with Crippen LogP contribution in [0, 0.1) is 47.2 Å². The van der Waals surface area contributed by atoms with E-state index in [1.807, 2.05) is 29.2 Å². The molecule has 50 heavy (non-hydrogen) atoms. The zero-order chi connectivity index (χ0) is 34.8. The maximum absolute atomic E-state index is 13.7. The summed E-state index contributed by atoms with van der Waals surface area (Å²) in [6, 6.07) is 14.3. The molecule has 0 radical (unpaired) electrons. The van der Waals surface area contributed by atoms with Crippen molar-refractivity contribution in [3.8, 4) is 5.75 Å². The molecular weight excluding hydrogens is 631 g/mol.